The molecule has 0 bridgehead atoms. The van der Waals surface area contributed by atoms with Crippen molar-refractivity contribution in [3.05, 3.63) is 34.3 Å². The third kappa shape index (κ3) is 4.30. The molecule has 1 aliphatic heterocycles. The third-order valence-electron chi connectivity index (χ3n) is 3.48. The van der Waals surface area contributed by atoms with Crippen LogP contribution in [0.15, 0.2) is 28.7 Å². The molecule has 1 atom stereocenters. The average molecular weight is 390 g/mol. The van der Waals surface area contributed by atoms with E-state index in [0.717, 1.165) is 9.37 Å². The number of nitrogens with zero attached hydrogens (tertiary/aromatic N) is 1. The van der Waals surface area contributed by atoms with Gasteiger partial charge in [0.2, 0.25) is 5.91 Å². The van der Waals surface area contributed by atoms with E-state index in [0.29, 0.717) is 24.9 Å². The van der Waals surface area contributed by atoms with Crippen LogP contribution >= 0.6 is 15.9 Å². The number of aliphatic carboxylic acids is 1. The number of sulfone groups is 1. The first-order chi connectivity index (χ1) is 10.3. The summed E-state index contributed by atoms with van der Waals surface area (Å²) in [7, 11) is -3.64. The number of hydrogen-bond acceptors (Lipinski definition) is 4. The summed E-state index contributed by atoms with van der Waals surface area (Å²) in [5.74, 6) is -2.64. The van der Waals surface area contributed by atoms with E-state index in [9.17, 15) is 18.0 Å². The fourth-order valence-electron chi connectivity index (χ4n) is 2.52. The lowest BCUT2D eigenvalue weighted by Gasteiger charge is -2.21. The first-order valence-electron chi connectivity index (χ1n) is 6.75. The van der Waals surface area contributed by atoms with Crippen LogP contribution in [-0.4, -0.2) is 48.6 Å². The molecule has 0 radical (unpaired) electrons. The molecule has 120 valence electrons. The van der Waals surface area contributed by atoms with Gasteiger partial charge in [0.15, 0.2) is 9.84 Å². The molecule has 1 aliphatic rings. The molecule has 1 aromatic carbocycles. The summed E-state index contributed by atoms with van der Waals surface area (Å²) in [5.41, 5.74) is 0.582. The van der Waals surface area contributed by atoms with E-state index in [1.165, 1.54) is 0 Å². The van der Waals surface area contributed by atoms with Crippen molar-refractivity contribution >= 4 is 37.6 Å². The number of carbonyl (C=O) groups is 2. The van der Waals surface area contributed by atoms with E-state index in [1.54, 1.807) is 24.3 Å². The SMILES string of the molecule is O=C(O)C1CCCN1C(=O)CS(=O)(=O)Cc1cccc(Br)c1. The molecule has 1 N–H and O–H groups in total. The number of hydrogen-bond donors (Lipinski definition) is 1. The first kappa shape index (κ1) is 17.0. The summed E-state index contributed by atoms with van der Waals surface area (Å²) in [6, 6.07) is 5.94. The molecule has 0 saturated carbocycles. The average Bonchev–Trinajstić information content (AvgIpc) is 2.86. The molecule has 1 heterocycles. The Morgan fingerprint density at radius 3 is 2.73 bits per heavy atom. The van der Waals surface area contributed by atoms with Gasteiger partial charge >= 0.3 is 5.97 Å². The Labute approximate surface area is 137 Å². The van der Waals surface area contributed by atoms with Gasteiger partial charge < -0.3 is 10.0 Å². The van der Waals surface area contributed by atoms with Gasteiger partial charge in [-0.15, -0.1) is 0 Å². The van der Waals surface area contributed by atoms with Gasteiger partial charge in [0.1, 0.15) is 11.8 Å². The van der Waals surface area contributed by atoms with Crippen LogP contribution in [-0.2, 0) is 25.2 Å². The van der Waals surface area contributed by atoms with Gasteiger partial charge in [-0.2, -0.15) is 0 Å². The van der Waals surface area contributed by atoms with Gasteiger partial charge in [0.25, 0.3) is 0 Å². The molecular weight excluding hydrogens is 374 g/mol. The molecule has 1 fully saturated rings. The van der Waals surface area contributed by atoms with Gasteiger partial charge in [-0.25, -0.2) is 13.2 Å². The molecule has 0 aliphatic carbocycles. The summed E-state index contributed by atoms with van der Waals surface area (Å²) in [6.45, 7) is 0.294. The third-order valence-corrected chi connectivity index (χ3v) is 5.43. The van der Waals surface area contributed by atoms with Crippen molar-refractivity contribution in [1.82, 2.24) is 4.90 Å². The molecule has 1 amide bonds. The van der Waals surface area contributed by atoms with Gasteiger partial charge in [-0.05, 0) is 30.5 Å². The van der Waals surface area contributed by atoms with Crippen LogP contribution in [0.5, 0.6) is 0 Å². The van der Waals surface area contributed by atoms with E-state index < -0.39 is 33.5 Å². The molecule has 1 unspecified atom stereocenters. The van der Waals surface area contributed by atoms with Crippen LogP contribution in [0.2, 0.25) is 0 Å². The van der Waals surface area contributed by atoms with Crippen LogP contribution < -0.4 is 0 Å². The maximum Gasteiger partial charge on any atom is 0.326 e. The predicted octanol–water partition coefficient (Wildman–Crippen LogP) is 1.44. The number of carbonyl (C=O) groups excluding carboxylic acids is 1. The quantitative estimate of drug-likeness (QED) is 0.822. The Morgan fingerprint density at radius 2 is 2.09 bits per heavy atom. The molecule has 8 heteroatoms. The second-order valence-corrected chi connectivity index (χ2v) is 8.23. The molecule has 22 heavy (non-hydrogen) atoms. The number of carboxylic acid groups (broad SMARTS) is 1. The highest BCUT2D eigenvalue weighted by Gasteiger charge is 2.35. The van der Waals surface area contributed by atoms with Crippen LogP contribution in [0.4, 0.5) is 0 Å². The minimum absolute atomic E-state index is 0.246. The van der Waals surface area contributed by atoms with Gasteiger partial charge in [0, 0.05) is 11.0 Å². The zero-order valence-electron chi connectivity index (χ0n) is 11.7. The lowest BCUT2D eigenvalue weighted by atomic mass is 10.2. The number of amides is 1. The molecular formula is C14H16BrNO5S. The van der Waals surface area contributed by atoms with Gasteiger partial charge in [0.05, 0.1) is 5.75 Å². The molecule has 6 nitrogen and oxygen atoms in total. The molecule has 0 spiro atoms. The van der Waals surface area contributed by atoms with E-state index in [2.05, 4.69) is 15.9 Å². The minimum atomic E-state index is -3.64. The zero-order valence-corrected chi connectivity index (χ0v) is 14.1. The van der Waals surface area contributed by atoms with Crippen molar-refractivity contribution in [2.45, 2.75) is 24.6 Å². The first-order valence-corrected chi connectivity index (χ1v) is 9.37. The number of carboxylic acids is 1. The van der Waals surface area contributed by atoms with Crippen molar-refractivity contribution < 1.29 is 23.1 Å². The highest BCUT2D eigenvalue weighted by molar-refractivity contribution is 9.10. The molecule has 0 aromatic heterocycles. The summed E-state index contributed by atoms with van der Waals surface area (Å²) in [4.78, 5) is 24.3. The lowest BCUT2D eigenvalue weighted by Crippen LogP contribution is -2.43. The van der Waals surface area contributed by atoms with E-state index in [1.807, 2.05) is 0 Å². The summed E-state index contributed by atoms with van der Waals surface area (Å²) < 4.78 is 25.1. The Bertz CT molecular complexity index is 688. The predicted molar refractivity (Wildman–Crippen MR) is 84.0 cm³/mol. The normalized spacial score (nSPS) is 18.4. The number of likely N-dealkylation sites (tertiary alicyclic amines) is 1. The molecule has 1 saturated heterocycles. The Morgan fingerprint density at radius 1 is 1.36 bits per heavy atom. The smallest absolute Gasteiger partial charge is 0.326 e. The van der Waals surface area contributed by atoms with Crippen molar-refractivity contribution in [3.63, 3.8) is 0 Å². The Kier molecular flexibility index (Phi) is 5.23. The maximum absolute atomic E-state index is 12.1. The Balaban J connectivity index is 2.05. The number of benzene rings is 1. The second kappa shape index (κ2) is 6.78. The van der Waals surface area contributed by atoms with Crippen molar-refractivity contribution in [1.29, 1.82) is 0 Å². The van der Waals surface area contributed by atoms with Crippen molar-refractivity contribution in [2.24, 2.45) is 0 Å². The summed E-state index contributed by atoms with van der Waals surface area (Å²) in [6.07, 6.45) is 0.946. The fraction of sp³-hybridized carbons (Fsp3) is 0.429. The fourth-order valence-corrected chi connectivity index (χ4v) is 4.30. The molecule has 2 rings (SSSR count). The van der Waals surface area contributed by atoms with Crippen LogP contribution in [0.3, 0.4) is 0 Å². The van der Waals surface area contributed by atoms with Gasteiger partial charge in [-0.3, -0.25) is 4.79 Å². The Hall–Kier alpha value is -1.41. The maximum atomic E-state index is 12.1. The van der Waals surface area contributed by atoms with Crippen LogP contribution in [0, 0.1) is 0 Å². The monoisotopic (exact) mass is 389 g/mol. The summed E-state index contributed by atoms with van der Waals surface area (Å²) >= 11 is 3.26. The zero-order chi connectivity index (χ0) is 16.3. The number of rotatable bonds is 5. The van der Waals surface area contributed by atoms with Crippen LogP contribution in [0.25, 0.3) is 0 Å². The lowest BCUT2D eigenvalue weighted by molar-refractivity contribution is -0.147. The minimum Gasteiger partial charge on any atom is -0.480 e. The largest absolute Gasteiger partial charge is 0.480 e. The second-order valence-electron chi connectivity index (χ2n) is 5.25. The van der Waals surface area contributed by atoms with Gasteiger partial charge in [-0.1, -0.05) is 28.1 Å². The van der Waals surface area contributed by atoms with Crippen molar-refractivity contribution in [2.75, 3.05) is 12.3 Å². The highest BCUT2D eigenvalue weighted by atomic mass is 79.9. The highest BCUT2D eigenvalue weighted by Crippen LogP contribution is 2.19. The van der Waals surface area contributed by atoms with E-state index >= 15 is 0 Å². The number of halogens is 1. The van der Waals surface area contributed by atoms with Crippen molar-refractivity contribution in [3.8, 4) is 0 Å². The van der Waals surface area contributed by atoms with E-state index in [-0.39, 0.29) is 5.75 Å². The van der Waals surface area contributed by atoms with Crippen LogP contribution in [0.1, 0.15) is 18.4 Å². The topological polar surface area (TPSA) is 91.8 Å². The summed E-state index contributed by atoms with van der Waals surface area (Å²) in [5, 5.41) is 9.05. The van der Waals surface area contributed by atoms with E-state index in [4.69, 9.17) is 5.11 Å². The standard InChI is InChI=1S/C14H16BrNO5S/c15-11-4-1-3-10(7-11)8-22(20,21)9-13(17)16-6-2-5-12(16)14(18)19/h1,3-4,7,12H,2,5-6,8-9H2,(H,18,19). The molecule has 1 aromatic rings.